The van der Waals surface area contributed by atoms with E-state index in [1.807, 2.05) is 0 Å². The summed E-state index contributed by atoms with van der Waals surface area (Å²) in [4.78, 5) is 33.4. The van der Waals surface area contributed by atoms with Crippen molar-refractivity contribution in [2.24, 2.45) is 5.92 Å². The third-order valence-electron chi connectivity index (χ3n) is 2.20. The smallest absolute Gasteiger partial charge is 0.316 e. The summed E-state index contributed by atoms with van der Waals surface area (Å²) in [6.07, 6.45) is -0.495. The van der Waals surface area contributed by atoms with Crippen molar-refractivity contribution in [3.63, 3.8) is 0 Å². The maximum Gasteiger partial charge on any atom is 0.316 e. The summed E-state index contributed by atoms with van der Waals surface area (Å²) < 4.78 is 14.6. The summed E-state index contributed by atoms with van der Waals surface area (Å²) in [7, 11) is 2.81. The van der Waals surface area contributed by atoms with Crippen molar-refractivity contribution < 1.29 is 28.6 Å². The molecule has 98 valence electrons. The van der Waals surface area contributed by atoms with E-state index in [0.29, 0.717) is 6.29 Å². The van der Waals surface area contributed by atoms with Gasteiger partial charge >= 0.3 is 5.97 Å². The molecule has 0 radical (unpaired) electrons. The van der Waals surface area contributed by atoms with Crippen LogP contribution < -0.4 is 0 Å². The number of aldehydes is 1. The molecule has 0 aliphatic rings. The molecule has 0 heterocycles. The van der Waals surface area contributed by atoms with E-state index in [1.54, 1.807) is 6.92 Å². The maximum atomic E-state index is 11.6. The van der Waals surface area contributed by atoms with Crippen molar-refractivity contribution in [2.45, 2.75) is 26.1 Å². The number of carbonyl (C=O) groups is 3. The molecule has 0 spiro atoms. The average molecular weight is 246 g/mol. The summed E-state index contributed by atoms with van der Waals surface area (Å²) >= 11 is 0. The minimum absolute atomic E-state index is 0.0402. The van der Waals surface area contributed by atoms with Gasteiger partial charge in [0, 0.05) is 20.6 Å². The third kappa shape index (κ3) is 5.55. The van der Waals surface area contributed by atoms with Gasteiger partial charge in [-0.05, 0) is 6.92 Å². The standard InChI is InChI=1S/C11H18O6/c1-4-17-11(14)8(9(13)5-6-12)7-10(15-2)16-3/h6,8,10H,4-5,7H2,1-3H3. The van der Waals surface area contributed by atoms with Gasteiger partial charge in [0.25, 0.3) is 0 Å². The van der Waals surface area contributed by atoms with E-state index in [-0.39, 0.29) is 19.4 Å². The Morgan fingerprint density at radius 3 is 2.24 bits per heavy atom. The Bertz CT molecular complexity index is 259. The van der Waals surface area contributed by atoms with Crippen LogP contribution >= 0.6 is 0 Å². The second-order valence-corrected chi connectivity index (χ2v) is 3.28. The molecule has 0 aliphatic carbocycles. The second kappa shape index (κ2) is 8.83. The number of carbonyl (C=O) groups excluding carboxylic acids is 3. The molecule has 0 aromatic heterocycles. The molecule has 17 heavy (non-hydrogen) atoms. The predicted octanol–water partition coefficient (Wildman–Crippen LogP) is 0.333. The number of ketones is 1. The molecule has 6 nitrogen and oxygen atoms in total. The molecule has 0 aromatic carbocycles. The topological polar surface area (TPSA) is 78.9 Å². The second-order valence-electron chi connectivity index (χ2n) is 3.28. The third-order valence-corrected chi connectivity index (χ3v) is 2.20. The first-order chi connectivity index (χ1) is 8.10. The fourth-order valence-corrected chi connectivity index (χ4v) is 1.31. The van der Waals surface area contributed by atoms with Crippen LogP contribution in [-0.2, 0) is 28.6 Å². The van der Waals surface area contributed by atoms with E-state index in [4.69, 9.17) is 14.2 Å². The van der Waals surface area contributed by atoms with Gasteiger partial charge in [-0.25, -0.2) is 0 Å². The van der Waals surface area contributed by atoms with E-state index in [2.05, 4.69) is 0 Å². The highest BCUT2D eigenvalue weighted by Gasteiger charge is 2.30. The van der Waals surface area contributed by atoms with E-state index in [0.717, 1.165) is 0 Å². The lowest BCUT2D eigenvalue weighted by molar-refractivity contribution is -0.160. The summed E-state index contributed by atoms with van der Waals surface area (Å²) in [6, 6.07) is 0. The van der Waals surface area contributed by atoms with Crippen LogP contribution in [0.2, 0.25) is 0 Å². The Morgan fingerprint density at radius 2 is 1.82 bits per heavy atom. The molecule has 1 atom stereocenters. The molecule has 1 unspecified atom stereocenters. The lowest BCUT2D eigenvalue weighted by Gasteiger charge is -2.18. The zero-order chi connectivity index (χ0) is 13.3. The van der Waals surface area contributed by atoms with Gasteiger partial charge in [0.15, 0.2) is 12.1 Å². The first-order valence-electron chi connectivity index (χ1n) is 5.29. The fourth-order valence-electron chi connectivity index (χ4n) is 1.31. The molecule has 0 saturated carbocycles. The maximum absolute atomic E-state index is 11.6. The molecular formula is C11H18O6. The van der Waals surface area contributed by atoms with Crippen LogP contribution in [0.5, 0.6) is 0 Å². The van der Waals surface area contributed by atoms with Gasteiger partial charge in [0.05, 0.1) is 13.0 Å². The number of esters is 1. The minimum atomic E-state index is -1.02. The average Bonchev–Trinajstić information content (AvgIpc) is 2.31. The monoisotopic (exact) mass is 246 g/mol. The van der Waals surface area contributed by atoms with Crippen molar-refractivity contribution in [2.75, 3.05) is 20.8 Å². The zero-order valence-electron chi connectivity index (χ0n) is 10.3. The molecule has 0 aromatic rings. The Balaban J connectivity index is 4.65. The number of rotatable bonds is 9. The Labute approximate surface area is 100 Å². The van der Waals surface area contributed by atoms with Gasteiger partial charge in [-0.15, -0.1) is 0 Å². The van der Waals surface area contributed by atoms with Crippen LogP contribution in [0.25, 0.3) is 0 Å². The normalized spacial score (nSPS) is 12.2. The molecule has 0 amide bonds. The lowest BCUT2D eigenvalue weighted by Crippen LogP contribution is -2.31. The van der Waals surface area contributed by atoms with Crippen molar-refractivity contribution in [3.05, 3.63) is 0 Å². The minimum Gasteiger partial charge on any atom is -0.465 e. The highest BCUT2D eigenvalue weighted by molar-refractivity contribution is 6.03. The molecule has 0 saturated heterocycles. The van der Waals surface area contributed by atoms with Gasteiger partial charge in [0.2, 0.25) is 0 Å². The molecule has 0 fully saturated rings. The Morgan fingerprint density at radius 1 is 1.24 bits per heavy atom. The Kier molecular flexibility index (Phi) is 8.17. The number of ether oxygens (including phenoxy) is 3. The first-order valence-corrected chi connectivity index (χ1v) is 5.29. The highest BCUT2D eigenvalue weighted by Crippen LogP contribution is 2.14. The van der Waals surface area contributed by atoms with Crippen LogP contribution in [0.15, 0.2) is 0 Å². The van der Waals surface area contributed by atoms with Crippen molar-refractivity contribution in [3.8, 4) is 0 Å². The SMILES string of the molecule is CCOC(=O)C(CC(OC)OC)C(=O)CC=O. The van der Waals surface area contributed by atoms with E-state index < -0.39 is 24.0 Å². The van der Waals surface area contributed by atoms with E-state index in [9.17, 15) is 14.4 Å². The number of hydrogen-bond donors (Lipinski definition) is 0. The molecule has 0 aliphatic heterocycles. The van der Waals surface area contributed by atoms with Gasteiger partial charge < -0.3 is 19.0 Å². The summed E-state index contributed by atoms with van der Waals surface area (Å²) in [5.41, 5.74) is 0. The van der Waals surface area contributed by atoms with Gasteiger partial charge in [0.1, 0.15) is 12.2 Å². The van der Waals surface area contributed by atoms with Crippen molar-refractivity contribution in [1.29, 1.82) is 0 Å². The van der Waals surface area contributed by atoms with Crippen LogP contribution in [0.1, 0.15) is 19.8 Å². The van der Waals surface area contributed by atoms with Gasteiger partial charge in [-0.2, -0.15) is 0 Å². The van der Waals surface area contributed by atoms with E-state index in [1.165, 1.54) is 14.2 Å². The molecule has 0 rings (SSSR count). The van der Waals surface area contributed by atoms with Crippen molar-refractivity contribution in [1.82, 2.24) is 0 Å². The summed E-state index contributed by atoms with van der Waals surface area (Å²) in [5.74, 6) is -2.17. The highest BCUT2D eigenvalue weighted by atomic mass is 16.7. The number of methoxy groups -OCH3 is 2. The van der Waals surface area contributed by atoms with Gasteiger partial charge in [-0.3, -0.25) is 9.59 Å². The molecule has 0 bridgehead atoms. The quantitative estimate of drug-likeness (QED) is 0.252. The summed E-state index contributed by atoms with van der Waals surface area (Å²) in [5, 5.41) is 0. The number of Topliss-reactive ketones (excluding diaryl/α,β-unsaturated/α-hetero) is 1. The van der Waals surface area contributed by atoms with E-state index >= 15 is 0 Å². The first kappa shape index (κ1) is 15.7. The molecular weight excluding hydrogens is 228 g/mol. The largest absolute Gasteiger partial charge is 0.465 e. The Hall–Kier alpha value is -1.27. The summed E-state index contributed by atoms with van der Waals surface area (Å²) in [6.45, 7) is 1.82. The van der Waals surface area contributed by atoms with Gasteiger partial charge in [-0.1, -0.05) is 0 Å². The lowest BCUT2D eigenvalue weighted by atomic mass is 9.98. The zero-order valence-corrected chi connectivity index (χ0v) is 10.3. The van der Waals surface area contributed by atoms with Crippen LogP contribution in [0.4, 0.5) is 0 Å². The predicted molar refractivity (Wildman–Crippen MR) is 58.2 cm³/mol. The fraction of sp³-hybridized carbons (Fsp3) is 0.727. The van der Waals surface area contributed by atoms with Crippen LogP contribution in [0, 0.1) is 5.92 Å². The van der Waals surface area contributed by atoms with Crippen LogP contribution in [0.3, 0.4) is 0 Å². The molecule has 6 heteroatoms. The van der Waals surface area contributed by atoms with Crippen molar-refractivity contribution >= 4 is 18.0 Å². The van der Waals surface area contributed by atoms with Crippen LogP contribution in [-0.4, -0.2) is 45.2 Å². The molecule has 0 N–H and O–H groups in total. The number of hydrogen-bond acceptors (Lipinski definition) is 6.